The van der Waals surface area contributed by atoms with Gasteiger partial charge in [-0.05, 0) is 29.8 Å². The fraction of sp³-hybridized carbons (Fsp3) is 0.350. The van der Waals surface area contributed by atoms with Crippen molar-refractivity contribution in [1.82, 2.24) is 4.90 Å². The summed E-state index contributed by atoms with van der Waals surface area (Å²) in [5.41, 5.74) is 1.21. The highest BCUT2D eigenvalue weighted by atomic mass is 32.2. The van der Waals surface area contributed by atoms with Crippen molar-refractivity contribution in [2.24, 2.45) is 0 Å². The van der Waals surface area contributed by atoms with Gasteiger partial charge in [0.15, 0.2) is 0 Å². The molecule has 1 fully saturated rings. The molecular weight excluding hydrogens is 396 g/mol. The highest BCUT2D eigenvalue weighted by Crippen LogP contribution is 2.29. The fourth-order valence-corrected chi connectivity index (χ4v) is 4.21. The van der Waals surface area contributed by atoms with Crippen LogP contribution in [0.2, 0.25) is 0 Å². The summed E-state index contributed by atoms with van der Waals surface area (Å²) in [7, 11) is -0.964. The van der Waals surface area contributed by atoms with E-state index in [0.717, 1.165) is 5.56 Å². The predicted molar refractivity (Wildman–Crippen MR) is 108 cm³/mol. The van der Waals surface area contributed by atoms with Crippen molar-refractivity contribution >= 4 is 21.6 Å². The number of ether oxygens (including phenoxy) is 3. The Morgan fingerprint density at radius 3 is 2.38 bits per heavy atom. The number of benzene rings is 2. The molecule has 0 unspecified atom stereocenters. The van der Waals surface area contributed by atoms with Crippen molar-refractivity contribution in [2.75, 3.05) is 45.2 Å². The van der Waals surface area contributed by atoms with Gasteiger partial charge in [0.2, 0.25) is 5.91 Å². The van der Waals surface area contributed by atoms with Crippen LogP contribution in [0, 0.1) is 0 Å². The molecule has 3 rings (SSSR count). The minimum Gasteiger partial charge on any atom is -0.497 e. The minimum absolute atomic E-state index is 0.00683. The molecule has 29 heavy (non-hydrogen) atoms. The second-order valence-electron chi connectivity index (χ2n) is 6.49. The zero-order valence-electron chi connectivity index (χ0n) is 16.4. The summed E-state index contributed by atoms with van der Waals surface area (Å²) < 4.78 is 43.6. The Morgan fingerprint density at radius 1 is 1.07 bits per heavy atom. The molecule has 1 aliphatic heterocycles. The number of anilines is 1. The lowest BCUT2D eigenvalue weighted by Crippen LogP contribution is -2.41. The molecule has 2 aromatic rings. The predicted octanol–water partition coefficient (Wildman–Crippen LogP) is 1.91. The molecule has 8 nitrogen and oxygen atoms in total. The van der Waals surface area contributed by atoms with Crippen LogP contribution < -0.4 is 14.2 Å². The second kappa shape index (κ2) is 9.15. The number of methoxy groups -OCH3 is 2. The van der Waals surface area contributed by atoms with Crippen LogP contribution in [0.25, 0.3) is 0 Å². The number of sulfonamides is 1. The first-order valence-electron chi connectivity index (χ1n) is 9.12. The smallest absolute Gasteiger partial charge is 0.265 e. The van der Waals surface area contributed by atoms with E-state index in [1.165, 1.54) is 26.4 Å². The maximum atomic E-state index is 12.7. The molecule has 0 aromatic heterocycles. The standard InChI is InChI=1S/C20H24N2O6S/c1-26-17-7-8-19(18(14-17)27-2)29(24,25)21-16-5-3-15(4-6-16)13-20(23)22-9-11-28-12-10-22/h3-8,14,21H,9-13H2,1-2H3. The van der Waals surface area contributed by atoms with Crippen LogP contribution in [0.4, 0.5) is 5.69 Å². The fourth-order valence-electron chi connectivity index (χ4n) is 3.00. The summed E-state index contributed by atoms with van der Waals surface area (Å²) >= 11 is 0. The first-order valence-corrected chi connectivity index (χ1v) is 10.6. The molecule has 9 heteroatoms. The van der Waals surface area contributed by atoms with Gasteiger partial charge in [-0.15, -0.1) is 0 Å². The van der Waals surface area contributed by atoms with E-state index in [0.29, 0.717) is 37.7 Å². The number of nitrogens with zero attached hydrogens (tertiary/aromatic N) is 1. The monoisotopic (exact) mass is 420 g/mol. The quantitative estimate of drug-likeness (QED) is 0.735. The summed E-state index contributed by atoms with van der Waals surface area (Å²) in [5.74, 6) is 0.712. The van der Waals surface area contributed by atoms with Gasteiger partial charge in [-0.1, -0.05) is 12.1 Å². The molecule has 0 radical (unpaired) electrons. The third kappa shape index (κ3) is 5.18. The zero-order valence-corrected chi connectivity index (χ0v) is 17.2. The van der Waals surface area contributed by atoms with E-state index in [-0.39, 0.29) is 23.0 Å². The van der Waals surface area contributed by atoms with E-state index in [1.54, 1.807) is 35.2 Å². The molecule has 0 saturated carbocycles. The van der Waals surface area contributed by atoms with Crippen molar-refractivity contribution in [3.8, 4) is 11.5 Å². The summed E-state index contributed by atoms with van der Waals surface area (Å²) in [6, 6.07) is 11.2. The number of nitrogens with one attached hydrogen (secondary N) is 1. The Labute approximate surface area is 170 Å². The molecule has 156 valence electrons. The van der Waals surface area contributed by atoms with Crippen LogP contribution in [0.15, 0.2) is 47.4 Å². The molecule has 0 bridgehead atoms. The van der Waals surface area contributed by atoms with Gasteiger partial charge in [0.25, 0.3) is 10.0 Å². The minimum atomic E-state index is -3.85. The van der Waals surface area contributed by atoms with Gasteiger partial charge in [0.05, 0.1) is 33.9 Å². The van der Waals surface area contributed by atoms with Crippen LogP contribution in [-0.2, 0) is 26.0 Å². The Kier molecular flexibility index (Phi) is 6.60. The first kappa shape index (κ1) is 20.9. The van der Waals surface area contributed by atoms with Crippen LogP contribution >= 0.6 is 0 Å². The lowest BCUT2D eigenvalue weighted by Gasteiger charge is -2.26. The zero-order chi connectivity index (χ0) is 20.9. The largest absolute Gasteiger partial charge is 0.497 e. The van der Waals surface area contributed by atoms with E-state index in [2.05, 4.69) is 4.72 Å². The van der Waals surface area contributed by atoms with E-state index < -0.39 is 10.0 Å². The maximum Gasteiger partial charge on any atom is 0.265 e. The van der Waals surface area contributed by atoms with Crippen LogP contribution in [0.5, 0.6) is 11.5 Å². The molecule has 1 saturated heterocycles. The first-order chi connectivity index (χ1) is 13.9. The van der Waals surface area contributed by atoms with Gasteiger partial charge in [0.1, 0.15) is 16.4 Å². The van der Waals surface area contributed by atoms with E-state index in [1.807, 2.05) is 0 Å². The second-order valence-corrected chi connectivity index (χ2v) is 8.14. The Bertz CT molecular complexity index is 953. The Morgan fingerprint density at radius 2 is 1.76 bits per heavy atom. The molecule has 0 spiro atoms. The lowest BCUT2D eigenvalue weighted by atomic mass is 10.1. The number of amides is 1. The van der Waals surface area contributed by atoms with Gasteiger partial charge in [-0.3, -0.25) is 9.52 Å². The number of hydrogen-bond acceptors (Lipinski definition) is 6. The molecule has 0 atom stereocenters. The highest BCUT2D eigenvalue weighted by molar-refractivity contribution is 7.92. The third-order valence-corrected chi connectivity index (χ3v) is 6.01. The Balaban J connectivity index is 1.69. The Hall–Kier alpha value is -2.78. The van der Waals surface area contributed by atoms with Gasteiger partial charge in [-0.2, -0.15) is 0 Å². The summed E-state index contributed by atoms with van der Waals surface area (Å²) in [4.78, 5) is 14.1. The molecule has 1 heterocycles. The van der Waals surface area contributed by atoms with Crippen molar-refractivity contribution in [2.45, 2.75) is 11.3 Å². The molecule has 1 N–H and O–H groups in total. The van der Waals surface area contributed by atoms with E-state index in [9.17, 15) is 13.2 Å². The number of carbonyl (C=O) groups excluding carboxylic acids is 1. The summed E-state index contributed by atoms with van der Waals surface area (Å²) in [6.07, 6.45) is 0.263. The van der Waals surface area contributed by atoms with Gasteiger partial charge >= 0.3 is 0 Å². The topological polar surface area (TPSA) is 94.2 Å². The number of rotatable bonds is 7. The normalized spacial score (nSPS) is 14.3. The number of carbonyl (C=O) groups is 1. The van der Waals surface area contributed by atoms with Crippen molar-refractivity contribution in [3.63, 3.8) is 0 Å². The van der Waals surface area contributed by atoms with E-state index in [4.69, 9.17) is 14.2 Å². The number of hydrogen-bond donors (Lipinski definition) is 1. The van der Waals surface area contributed by atoms with Gasteiger partial charge in [-0.25, -0.2) is 8.42 Å². The molecule has 2 aromatic carbocycles. The average molecular weight is 420 g/mol. The summed E-state index contributed by atoms with van der Waals surface area (Å²) in [5, 5.41) is 0. The maximum absolute atomic E-state index is 12.7. The van der Waals surface area contributed by atoms with Crippen LogP contribution in [0.1, 0.15) is 5.56 Å². The average Bonchev–Trinajstić information content (AvgIpc) is 2.75. The summed E-state index contributed by atoms with van der Waals surface area (Å²) in [6.45, 7) is 2.31. The van der Waals surface area contributed by atoms with Crippen LogP contribution in [-0.4, -0.2) is 59.7 Å². The van der Waals surface area contributed by atoms with Crippen molar-refractivity contribution < 1.29 is 27.4 Å². The molecular formula is C20H24N2O6S. The molecule has 1 amide bonds. The lowest BCUT2D eigenvalue weighted by molar-refractivity contribution is -0.134. The van der Waals surface area contributed by atoms with Gasteiger partial charge in [0, 0.05) is 24.8 Å². The van der Waals surface area contributed by atoms with Crippen molar-refractivity contribution in [1.29, 1.82) is 0 Å². The molecule has 1 aliphatic rings. The highest BCUT2D eigenvalue weighted by Gasteiger charge is 2.21. The van der Waals surface area contributed by atoms with Crippen LogP contribution in [0.3, 0.4) is 0 Å². The van der Waals surface area contributed by atoms with E-state index >= 15 is 0 Å². The molecule has 0 aliphatic carbocycles. The van der Waals surface area contributed by atoms with Crippen molar-refractivity contribution in [3.05, 3.63) is 48.0 Å². The number of morpholine rings is 1. The van der Waals surface area contributed by atoms with Gasteiger partial charge < -0.3 is 19.1 Å². The third-order valence-electron chi connectivity index (χ3n) is 4.59. The SMILES string of the molecule is COc1ccc(S(=O)(=O)Nc2ccc(CC(=O)N3CCOCC3)cc2)c(OC)c1.